The number of halogens is 3. The van der Waals surface area contributed by atoms with E-state index < -0.39 is 23.5 Å². The number of carbonyl (C=O) groups is 1. The van der Waals surface area contributed by atoms with Gasteiger partial charge in [0.2, 0.25) is 12.2 Å². The van der Waals surface area contributed by atoms with Gasteiger partial charge in [-0.2, -0.15) is 23.3 Å². The molecule has 1 amide bonds. The van der Waals surface area contributed by atoms with Crippen LogP contribution in [0.3, 0.4) is 0 Å². The molecule has 248 valence electrons. The fourth-order valence-corrected chi connectivity index (χ4v) is 6.49. The zero-order chi connectivity index (χ0) is 34.2. The number of alkyl halides is 3. The lowest BCUT2D eigenvalue weighted by molar-refractivity contribution is -0.929. The van der Waals surface area contributed by atoms with E-state index >= 15 is 0 Å². The Morgan fingerprint density at radius 2 is 1.81 bits per heavy atom. The van der Waals surface area contributed by atoms with Crippen LogP contribution in [0.1, 0.15) is 42.8 Å². The first-order chi connectivity index (χ1) is 22.9. The quantitative estimate of drug-likeness (QED) is 0.172. The summed E-state index contributed by atoms with van der Waals surface area (Å²) in [6.07, 6.45) is 1.09. The predicted molar refractivity (Wildman–Crippen MR) is 169 cm³/mol. The maximum atomic E-state index is 14.1. The Bertz CT molecular complexity index is 2030. The van der Waals surface area contributed by atoms with Crippen LogP contribution in [0.25, 0.3) is 27.6 Å². The number of hydrogen-bond donors (Lipinski definition) is 1. The number of quaternary nitrogens is 1. The van der Waals surface area contributed by atoms with Gasteiger partial charge < -0.3 is 14.3 Å². The lowest BCUT2D eigenvalue weighted by atomic mass is 9.89. The molecule has 6 rings (SSSR count). The molecule has 1 fully saturated rings. The second kappa shape index (κ2) is 12.6. The van der Waals surface area contributed by atoms with E-state index in [0.717, 1.165) is 34.1 Å². The van der Waals surface area contributed by atoms with Gasteiger partial charge in [-0.3, -0.25) is 4.57 Å². The molecule has 15 heteroatoms. The summed E-state index contributed by atoms with van der Waals surface area (Å²) in [4.78, 5) is 35.7. The highest BCUT2D eigenvalue weighted by atomic mass is 19.4. The smallest absolute Gasteiger partial charge is 0.343 e. The van der Waals surface area contributed by atoms with Crippen molar-refractivity contribution >= 4 is 11.7 Å². The van der Waals surface area contributed by atoms with E-state index in [1.165, 1.54) is 29.4 Å². The summed E-state index contributed by atoms with van der Waals surface area (Å²) < 4.78 is 50.1. The zero-order valence-electron chi connectivity index (χ0n) is 26.5. The van der Waals surface area contributed by atoms with E-state index in [9.17, 15) is 22.8 Å². The Balaban J connectivity index is 1.35. The van der Waals surface area contributed by atoms with Crippen LogP contribution in [0.15, 0.2) is 76.5 Å². The molecule has 0 spiro atoms. The lowest BCUT2D eigenvalue weighted by Gasteiger charge is -2.41. The maximum Gasteiger partial charge on any atom is 0.416 e. The predicted octanol–water partition coefficient (Wildman–Crippen LogP) is 5.90. The Labute approximate surface area is 273 Å². The van der Waals surface area contributed by atoms with Crippen LogP contribution in [-0.2, 0) is 12.7 Å². The normalized spacial score (nSPS) is 16.9. The highest BCUT2D eigenvalue weighted by Gasteiger charge is 2.36. The van der Waals surface area contributed by atoms with Gasteiger partial charge in [0, 0.05) is 18.9 Å². The zero-order valence-corrected chi connectivity index (χ0v) is 26.5. The molecule has 0 bridgehead atoms. The van der Waals surface area contributed by atoms with E-state index in [0.29, 0.717) is 46.8 Å². The maximum absolute atomic E-state index is 14.1. The van der Waals surface area contributed by atoms with Crippen molar-refractivity contribution in [1.29, 1.82) is 0 Å². The van der Waals surface area contributed by atoms with Crippen molar-refractivity contribution in [3.63, 3.8) is 0 Å². The molecule has 3 aromatic heterocycles. The van der Waals surface area contributed by atoms with Crippen LogP contribution in [0, 0.1) is 13.5 Å². The molecule has 1 aliphatic rings. The second-order valence-electron chi connectivity index (χ2n) is 12.4. The molecule has 0 saturated heterocycles. The van der Waals surface area contributed by atoms with Crippen molar-refractivity contribution in [1.82, 2.24) is 34.4 Å². The molecule has 0 aliphatic heterocycles. The SMILES string of the molecule is [C-]#[N+]c1ccc(-n2nccc2-c2c(C)n(-c3cccc(C(F)(F)F)c3)c(=O)n2C(=O)NC2CCC([N+](C)(C)Cc3ncon3)CC2)cc1. The molecule has 48 heavy (non-hydrogen) atoms. The molecule has 0 radical (unpaired) electrons. The van der Waals surface area contributed by atoms with E-state index in [2.05, 4.69) is 39.5 Å². The molecule has 5 aromatic rings. The molecule has 1 N–H and O–H groups in total. The summed E-state index contributed by atoms with van der Waals surface area (Å²) in [5.41, 5.74) is -0.00356. The lowest BCUT2D eigenvalue weighted by Crippen LogP contribution is -2.52. The number of aromatic nitrogens is 6. The fraction of sp³-hybridized carbons (Fsp3) is 0.333. The first-order valence-corrected chi connectivity index (χ1v) is 15.3. The highest BCUT2D eigenvalue weighted by molar-refractivity contribution is 5.83. The minimum absolute atomic E-state index is 0.0327. The number of nitrogens with one attached hydrogen (secondary N) is 1. The van der Waals surface area contributed by atoms with Gasteiger partial charge in [0.15, 0.2) is 5.69 Å². The van der Waals surface area contributed by atoms with Crippen molar-refractivity contribution in [3.8, 4) is 22.8 Å². The van der Waals surface area contributed by atoms with E-state index in [1.54, 1.807) is 37.3 Å². The van der Waals surface area contributed by atoms with Crippen LogP contribution in [0.2, 0.25) is 0 Å². The van der Waals surface area contributed by atoms with Gasteiger partial charge in [-0.25, -0.2) is 23.7 Å². The largest absolute Gasteiger partial charge is 0.416 e. The van der Waals surface area contributed by atoms with Crippen molar-refractivity contribution in [3.05, 3.63) is 106 Å². The Morgan fingerprint density at radius 3 is 2.46 bits per heavy atom. The molecule has 0 unspecified atom stereocenters. The minimum atomic E-state index is -4.63. The summed E-state index contributed by atoms with van der Waals surface area (Å²) in [7, 11) is 4.20. The molecule has 3 heterocycles. The molecular weight excluding hydrogens is 627 g/mol. The third kappa shape index (κ3) is 6.26. The van der Waals surface area contributed by atoms with E-state index in [4.69, 9.17) is 11.1 Å². The van der Waals surface area contributed by atoms with Crippen molar-refractivity contribution < 1.29 is 27.0 Å². The van der Waals surface area contributed by atoms with Crippen molar-refractivity contribution in [2.24, 2.45) is 0 Å². The van der Waals surface area contributed by atoms with E-state index in [1.807, 2.05) is 0 Å². The highest BCUT2D eigenvalue weighted by Crippen LogP contribution is 2.33. The summed E-state index contributed by atoms with van der Waals surface area (Å²) >= 11 is 0. The number of carbonyl (C=O) groups excluding carboxylic acids is 1. The average molecular weight is 661 g/mol. The summed E-state index contributed by atoms with van der Waals surface area (Å²) in [6.45, 7) is 9.42. The van der Waals surface area contributed by atoms with Crippen LogP contribution in [0.4, 0.5) is 23.7 Å². The number of rotatable bonds is 7. The molecule has 1 aliphatic carbocycles. The van der Waals surface area contributed by atoms with Gasteiger partial charge in [0.05, 0.1) is 61.2 Å². The monoisotopic (exact) mass is 660 g/mol. The molecule has 12 nitrogen and oxygen atoms in total. The second-order valence-corrected chi connectivity index (χ2v) is 12.4. The summed E-state index contributed by atoms with van der Waals surface area (Å²) in [6, 6.07) is 12.0. The van der Waals surface area contributed by atoms with Gasteiger partial charge in [0.25, 0.3) is 0 Å². The van der Waals surface area contributed by atoms with Crippen LogP contribution in [0.5, 0.6) is 0 Å². The number of benzene rings is 2. The van der Waals surface area contributed by atoms with Crippen LogP contribution >= 0.6 is 0 Å². The van der Waals surface area contributed by atoms with Crippen LogP contribution < -0.4 is 11.0 Å². The number of nitrogens with zero attached hydrogens (tertiary/aromatic N) is 8. The molecule has 0 atom stereocenters. The summed E-state index contributed by atoms with van der Waals surface area (Å²) in [5, 5.41) is 11.4. The molecule has 2 aromatic carbocycles. The Kier molecular flexibility index (Phi) is 8.52. The Hall–Kier alpha value is -5.49. The first kappa shape index (κ1) is 32.5. The number of imidazole rings is 1. The third-order valence-electron chi connectivity index (χ3n) is 9.00. The average Bonchev–Trinajstić information content (AvgIpc) is 3.80. The number of amides is 1. The van der Waals surface area contributed by atoms with Crippen molar-refractivity contribution in [2.45, 2.75) is 57.4 Å². The Morgan fingerprint density at radius 1 is 1.08 bits per heavy atom. The first-order valence-electron chi connectivity index (χ1n) is 15.3. The van der Waals surface area contributed by atoms with Gasteiger partial charge in [-0.05, 0) is 56.2 Å². The van der Waals surface area contributed by atoms with Gasteiger partial charge in [-0.1, -0.05) is 23.4 Å². The summed E-state index contributed by atoms with van der Waals surface area (Å²) in [5.74, 6) is 0.615. The molecule has 1 saturated carbocycles. The standard InChI is InChI=1S/C33H32F3N9O3/c1-21-30(28-16-17-39-44(28)25-12-8-23(37-2)9-13-25)43(32(47)42(21)26-7-5-6-22(18-26)33(34,35)36)31(46)40-24-10-14-27(15-11-24)45(3,4)19-29-38-20-48-41-29/h5-9,12-13,16-18,20,24,27H,10-11,14-15,19H2,1,3-4H3/p+1. The number of hydrogen-bond acceptors (Lipinski definition) is 6. The van der Waals surface area contributed by atoms with Gasteiger partial charge >= 0.3 is 17.9 Å². The molecular formula is C33H33F3N9O3+. The minimum Gasteiger partial charge on any atom is -0.343 e. The van der Waals surface area contributed by atoms with Gasteiger partial charge in [0.1, 0.15) is 12.2 Å². The van der Waals surface area contributed by atoms with Crippen molar-refractivity contribution in [2.75, 3.05) is 14.1 Å². The third-order valence-corrected chi connectivity index (χ3v) is 9.00. The van der Waals surface area contributed by atoms with E-state index in [-0.39, 0.29) is 29.2 Å². The fourth-order valence-electron chi connectivity index (χ4n) is 6.49. The van der Waals surface area contributed by atoms with Crippen LogP contribution in [-0.4, -0.2) is 65.7 Å². The topological polar surface area (TPSA) is 117 Å². The van der Waals surface area contributed by atoms with Gasteiger partial charge in [-0.15, -0.1) is 0 Å².